The lowest BCUT2D eigenvalue weighted by molar-refractivity contribution is -0.129. The molecule has 0 aromatic heterocycles. The number of nitrogens with zero attached hydrogens (tertiary/aromatic N) is 1. The fourth-order valence-electron chi connectivity index (χ4n) is 3.65. The monoisotopic (exact) mass is 519 g/mol. The summed E-state index contributed by atoms with van der Waals surface area (Å²) in [6, 6.07) is 17.2. The summed E-state index contributed by atoms with van der Waals surface area (Å²) in [6.45, 7) is 6.31. The Bertz CT molecular complexity index is 1420. The molecule has 190 valence electrons. The van der Waals surface area contributed by atoms with E-state index in [4.69, 9.17) is 30.5 Å². The highest BCUT2D eigenvalue weighted by Gasteiger charge is 2.27. The number of rotatable bonds is 6. The number of carbonyl (C=O) groups excluding carboxylic acids is 2. The quantitative estimate of drug-likeness (QED) is 0.218. The molecule has 0 N–H and O–H groups in total. The number of halogens is 1. The number of esters is 2. The molecule has 0 saturated carbocycles. The zero-order valence-electron chi connectivity index (χ0n) is 21.1. The van der Waals surface area contributed by atoms with Gasteiger partial charge in [-0.25, -0.2) is 14.6 Å². The van der Waals surface area contributed by atoms with Gasteiger partial charge in [-0.3, -0.25) is 0 Å². The van der Waals surface area contributed by atoms with E-state index < -0.39 is 11.9 Å². The number of aliphatic imine (C=N–C) groups is 1. The van der Waals surface area contributed by atoms with E-state index in [0.29, 0.717) is 33.2 Å². The van der Waals surface area contributed by atoms with Gasteiger partial charge in [-0.1, -0.05) is 50.6 Å². The summed E-state index contributed by atoms with van der Waals surface area (Å²) >= 11 is 6.09. The van der Waals surface area contributed by atoms with Crippen molar-refractivity contribution in [1.82, 2.24) is 0 Å². The van der Waals surface area contributed by atoms with Crippen LogP contribution in [-0.4, -0.2) is 32.1 Å². The average molecular weight is 520 g/mol. The summed E-state index contributed by atoms with van der Waals surface area (Å²) in [5, 5.41) is 0.451. The summed E-state index contributed by atoms with van der Waals surface area (Å²) in [4.78, 5) is 29.5. The predicted octanol–water partition coefficient (Wildman–Crippen LogP) is 6.22. The van der Waals surface area contributed by atoms with Crippen molar-refractivity contribution in [3.8, 4) is 17.2 Å². The number of hydrogen-bond acceptors (Lipinski definition) is 7. The van der Waals surface area contributed by atoms with E-state index >= 15 is 0 Å². The van der Waals surface area contributed by atoms with Gasteiger partial charge < -0.3 is 18.9 Å². The van der Waals surface area contributed by atoms with Crippen LogP contribution in [0.2, 0.25) is 5.02 Å². The molecule has 0 atom stereocenters. The highest BCUT2D eigenvalue weighted by atomic mass is 35.5. The molecule has 1 heterocycles. The standard InChI is InChI=1S/C29H26ClNO6/c1-29(2,3)19-9-7-18(8-10-19)27(32)36-24-12-6-17(15-25(24)35-5)14-22-28(33)37-26(31-22)21-16-20(30)11-13-23(21)34-4/h6-16H,1-5H3/b22-14-. The zero-order chi connectivity index (χ0) is 26.7. The molecule has 0 unspecified atom stereocenters. The Morgan fingerprint density at radius 2 is 1.59 bits per heavy atom. The van der Waals surface area contributed by atoms with Crippen LogP contribution in [0.5, 0.6) is 17.2 Å². The number of carbonyl (C=O) groups is 2. The van der Waals surface area contributed by atoms with Gasteiger partial charge in [-0.05, 0) is 65.1 Å². The minimum Gasteiger partial charge on any atom is -0.496 e. The largest absolute Gasteiger partial charge is 0.496 e. The van der Waals surface area contributed by atoms with Crippen molar-refractivity contribution in [1.29, 1.82) is 0 Å². The second-order valence-corrected chi connectivity index (χ2v) is 9.74. The zero-order valence-corrected chi connectivity index (χ0v) is 21.9. The Balaban J connectivity index is 1.56. The topological polar surface area (TPSA) is 83.4 Å². The molecular weight excluding hydrogens is 494 g/mol. The highest BCUT2D eigenvalue weighted by molar-refractivity contribution is 6.31. The lowest BCUT2D eigenvalue weighted by Crippen LogP contribution is -2.13. The molecule has 37 heavy (non-hydrogen) atoms. The third-order valence-corrected chi connectivity index (χ3v) is 5.93. The van der Waals surface area contributed by atoms with E-state index in [-0.39, 0.29) is 22.8 Å². The van der Waals surface area contributed by atoms with Crippen molar-refractivity contribution in [3.63, 3.8) is 0 Å². The van der Waals surface area contributed by atoms with Crippen molar-refractivity contribution in [2.45, 2.75) is 26.2 Å². The van der Waals surface area contributed by atoms with Crippen LogP contribution in [-0.2, 0) is 14.9 Å². The Morgan fingerprint density at radius 1 is 0.919 bits per heavy atom. The first kappa shape index (κ1) is 26.0. The summed E-state index contributed by atoms with van der Waals surface area (Å²) in [6.07, 6.45) is 1.55. The normalized spacial score (nSPS) is 14.3. The first-order valence-electron chi connectivity index (χ1n) is 11.5. The molecule has 0 bridgehead atoms. The number of cyclic esters (lactones) is 1. The van der Waals surface area contributed by atoms with Crippen LogP contribution in [0.4, 0.5) is 0 Å². The van der Waals surface area contributed by atoms with Crippen LogP contribution < -0.4 is 14.2 Å². The molecule has 0 fully saturated rings. The van der Waals surface area contributed by atoms with Crippen LogP contribution in [0, 0.1) is 0 Å². The first-order valence-corrected chi connectivity index (χ1v) is 11.8. The van der Waals surface area contributed by atoms with Crippen LogP contribution in [0.3, 0.4) is 0 Å². The van der Waals surface area contributed by atoms with Crippen molar-refractivity contribution in [3.05, 3.63) is 93.6 Å². The number of methoxy groups -OCH3 is 2. The highest BCUT2D eigenvalue weighted by Crippen LogP contribution is 2.32. The van der Waals surface area contributed by atoms with Gasteiger partial charge in [0.15, 0.2) is 17.2 Å². The molecule has 1 aliphatic rings. The third-order valence-electron chi connectivity index (χ3n) is 5.69. The minimum atomic E-state index is -0.620. The molecule has 4 rings (SSSR count). The lowest BCUT2D eigenvalue weighted by atomic mass is 9.87. The Labute approximate surface area is 220 Å². The van der Waals surface area contributed by atoms with Crippen LogP contribution in [0.1, 0.15) is 47.8 Å². The molecule has 0 amide bonds. The van der Waals surface area contributed by atoms with Crippen LogP contribution in [0.25, 0.3) is 6.08 Å². The Kier molecular flexibility index (Phi) is 7.36. The molecule has 3 aromatic rings. The number of hydrogen-bond donors (Lipinski definition) is 0. The van der Waals surface area contributed by atoms with Gasteiger partial charge in [0.2, 0.25) is 5.90 Å². The average Bonchev–Trinajstić information content (AvgIpc) is 3.24. The van der Waals surface area contributed by atoms with Gasteiger partial charge in [0.25, 0.3) is 0 Å². The minimum absolute atomic E-state index is 0.0211. The summed E-state index contributed by atoms with van der Waals surface area (Å²) in [5.74, 6) is 0.000294. The van der Waals surface area contributed by atoms with Gasteiger partial charge in [-0.15, -0.1) is 0 Å². The van der Waals surface area contributed by atoms with Gasteiger partial charge in [0.1, 0.15) is 5.75 Å². The van der Waals surface area contributed by atoms with E-state index in [1.807, 2.05) is 12.1 Å². The molecule has 3 aromatic carbocycles. The lowest BCUT2D eigenvalue weighted by Gasteiger charge is -2.19. The maximum Gasteiger partial charge on any atom is 0.363 e. The fourth-order valence-corrected chi connectivity index (χ4v) is 3.83. The molecule has 8 heteroatoms. The van der Waals surface area contributed by atoms with Gasteiger partial charge in [0.05, 0.1) is 25.3 Å². The molecule has 0 aliphatic carbocycles. The van der Waals surface area contributed by atoms with Gasteiger partial charge in [-0.2, -0.15) is 0 Å². The van der Waals surface area contributed by atoms with E-state index in [0.717, 1.165) is 5.56 Å². The fraction of sp³-hybridized carbons (Fsp3) is 0.207. The molecule has 0 radical (unpaired) electrons. The smallest absolute Gasteiger partial charge is 0.363 e. The van der Waals surface area contributed by atoms with Crippen molar-refractivity contribution >= 4 is 35.5 Å². The molecule has 0 spiro atoms. The predicted molar refractivity (Wildman–Crippen MR) is 142 cm³/mol. The van der Waals surface area contributed by atoms with Crippen molar-refractivity contribution in [2.24, 2.45) is 4.99 Å². The van der Waals surface area contributed by atoms with Gasteiger partial charge >= 0.3 is 11.9 Å². The number of ether oxygens (including phenoxy) is 4. The second-order valence-electron chi connectivity index (χ2n) is 9.31. The number of benzene rings is 3. The molecule has 1 aliphatic heterocycles. The van der Waals surface area contributed by atoms with E-state index in [1.165, 1.54) is 14.2 Å². The van der Waals surface area contributed by atoms with Crippen molar-refractivity contribution in [2.75, 3.05) is 14.2 Å². The van der Waals surface area contributed by atoms with Crippen LogP contribution in [0.15, 0.2) is 71.4 Å². The third kappa shape index (κ3) is 5.84. The summed E-state index contributed by atoms with van der Waals surface area (Å²) < 4.78 is 21.7. The molecular formula is C29H26ClNO6. The molecule has 0 saturated heterocycles. The first-order chi connectivity index (χ1) is 17.6. The van der Waals surface area contributed by atoms with E-state index in [9.17, 15) is 9.59 Å². The van der Waals surface area contributed by atoms with E-state index in [2.05, 4.69) is 25.8 Å². The van der Waals surface area contributed by atoms with E-state index in [1.54, 1.807) is 54.6 Å². The van der Waals surface area contributed by atoms with Crippen LogP contribution >= 0.6 is 11.6 Å². The Hall–Kier alpha value is -4.10. The summed E-state index contributed by atoms with van der Waals surface area (Å²) in [5.41, 5.74) is 2.66. The summed E-state index contributed by atoms with van der Waals surface area (Å²) in [7, 11) is 2.97. The van der Waals surface area contributed by atoms with Crippen molar-refractivity contribution < 1.29 is 28.5 Å². The molecule has 7 nitrogen and oxygen atoms in total. The maximum atomic E-state index is 12.7. The SMILES string of the molecule is COc1cc(/C=C2\N=C(c3cc(Cl)ccc3OC)OC2=O)ccc1OC(=O)c1ccc(C(C)(C)C)cc1. The maximum absolute atomic E-state index is 12.7. The van der Waals surface area contributed by atoms with Gasteiger partial charge in [0, 0.05) is 5.02 Å². The Morgan fingerprint density at radius 3 is 2.24 bits per heavy atom. The second kappa shape index (κ2) is 10.5.